The molecule has 4 aromatic rings. The molecule has 8 heteroatoms. The van der Waals surface area contributed by atoms with Gasteiger partial charge in [0, 0.05) is 11.9 Å². The number of aryl methyl sites for hydroxylation is 1. The van der Waals surface area contributed by atoms with Crippen LogP contribution in [-0.2, 0) is 17.8 Å². The summed E-state index contributed by atoms with van der Waals surface area (Å²) in [6.45, 7) is 1.88. The van der Waals surface area contributed by atoms with Crippen molar-refractivity contribution in [3.05, 3.63) is 87.6 Å². The van der Waals surface area contributed by atoms with E-state index in [0.717, 1.165) is 12.0 Å². The number of hydrogen-bond acceptors (Lipinski definition) is 3. The number of nitrogens with one attached hydrogen (secondary N) is 1. The molecule has 0 aliphatic heterocycles. The molecule has 1 N–H and O–H groups in total. The Morgan fingerprint density at radius 2 is 1.93 bits per heavy atom. The van der Waals surface area contributed by atoms with Gasteiger partial charge in [-0.15, -0.1) is 0 Å². The molecule has 2 aromatic heterocycles. The fraction of sp³-hybridized carbons (Fsp3) is 0.136. The third-order valence-corrected chi connectivity index (χ3v) is 5.07. The van der Waals surface area contributed by atoms with Crippen LogP contribution in [0.15, 0.2) is 65.6 Å². The van der Waals surface area contributed by atoms with Crippen molar-refractivity contribution in [1.29, 1.82) is 0 Å². The Morgan fingerprint density at radius 3 is 2.63 bits per heavy atom. The van der Waals surface area contributed by atoms with E-state index >= 15 is 0 Å². The first-order valence-electron chi connectivity index (χ1n) is 9.38. The predicted molar refractivity (Wildman–Crippen MR) is 115 cm³/mol. The third kappa shape index (κ3) is 3.71. The van der Waals surface area contributed by atoms with Gasteiger partial charge in [0.05, 0.1) is 16.1 Å². The number of hydrogen-bond donors (Lipinski definition) is 1. The molecule has 6 nitrogen and oxygen atoms in total. The fourth-order valence-electron chi connectivity index (χ4n) is 3.27. The maximum Gasteiger partial charge on any atom is 0.280 e. The Bertz CT molecular complexity index is 1290. The van der Waals surface area contributed by atoms with Crippen molar-refractivity contribution < 1.29 is 9.18 Å². The second-order valence-electron chi connectivity index (χ2n) is 6.75. The van der Waals surface area contributed by atoms with Gasteiger partial charge < -0.3 is 5.32 Å². The first-order valence-corrected chi connectivity index (χ1v) is 9.76. The number of carbonyl (C=O) groups is 1. The molecule has 4 rings (SSSR count). The lowest BCUT2D eigenvalue weighted by Gasteiger charge is -2.13. The number of nitrogens with zero attached hydrogens (tertiary/aromatic N) is 3. The highest BCUT2D eigenvalue weighted by Gasteiger charge is 2.18. The zero-order chi connectivity index (χ0) is 21.3. The lowest BCUT2D eigenvalue weighted by atomic mass is 10.1. The molecule has 0 fully saturated rings. The molecule has 0 aliphatic rings. The van der Waals surface area contributed by atoms with Crippen molar-refractivity contribution in [3.63, 3.8) is 0 Å². The molecule has 0 atom stereocenters. The molecule has 0 spiro atoms. The Kier molecular flexibility index (Phi) is 5.37. The molecule has 152 valence electrons. The Hall–Kier alpha value is -3.45. The van der Waals surface area contributed by atoms with Gasteiger partial charge in [0.25, 0.3) is 5.56 Å². The summed E-state index contributed by atoms with van der Waals surface area (Å²) in [6, 6.07) is 14.8. The molecule has 0 unspecified atom stereocenters. The quantitative estimate of drug-likeness (QED) is 0.522. The summed E-state index contributed by atoms with van der Waals surface area (Å²) in [5, 5.41) is 3.00. The zero-order valence-corrected chi connectivity index (χ0v) is 16.9. The fourth-order valence-corrected chi connectivity index (χ4v) is 3.45. The highest BCUT2D eigenvalue weighted by molar-refractivity contribution is 6.31. The van der Waals surface area contributed by atoms with Crippen molar-refractivity contribution in [2.75, 3.05) is 5.32 Å². The van der Waals surface area contributed by atoms with E-state index in [9.17, 15) is 14.0 Å². The summed E-state index contributed by atoms with van der Waals surface area (Å²) in [5.41, 5.74) is 2.26. The molecule has 1 amide bonds. The monoisotopic (exact) mass is 424 g/mol. The van der Waals surface area contributed by atoms with Gasteiger partial charge in [-0.3, -0.25) is 14.3 Å². The molecule has 30 heavy (non-hydrogen) atoms. The Balaban J connectivity index is 1.74. The van der Waals surface area contributed by atoms with Gasteiger partial charge in [-0.1, -0.05) is 30.7 Å². The van der Waals surface area contributed by atoms with Crippen LogP contribution in [0.5, 0.6) is 0 Å². The van der Waals surface area contributed by atoms with Gasteiger partial charge in [0.1, 0.15) is 12.4 Å². The molecular weight excluding hydrogens is 407 g/mol. The Morgan fingerprint density at radius 1 is 1.17 bits per heavy atom. The molecule has 2 aromatic carbocycles. The molecule has 2 heterocycles. The molecule has 0 saturated heterocycles. The van der Waals surface area contributed by atoms with E-state index in [1.807, 2.05) is 31.2 Å². The first kappa shape index (κ1) is 19.8. The number of amides is 1. The normalized spacial score (nSPS) is 11.0. The van der Waals surface area contributed by atoms with Crippen molar-refractivity contribution in [2.45, 2.75) is 19.9 Å². The van der Waals surface area contributed by atoms with Crippen molar-refractivity contribution >= 4 is 34.2 Å². The first-order chi connectivity index (χ1) is 14.5. The maximum atomic E-state index is 13.4. The van der Waals surface area contributed by atoms with Crippen LogP contribution < -0.4 is 10.9 Å². The summed E-state index contributed by atoms with van der Waals surface area (Å²) in [5.74, 6) is -0.973. The lowest BCUT2D eigenvalue weighted by molar-refractivity contribution is -0.116. The minimum Gasteiger partial charge on any atom is -0.324 e. The van der Waals surface area contributed by atoms with Crippen LogP contribution in [0.2, 0.25) is 5.02 Å². The molecule has 0 radical (unpaired) electrons. The summed E-state index contributed by atoms with van der Waals surface area (Å²) in [7, 11) is 0. The van der Waals surface area contributed by atoms with Crippen molar-refractivity contribution in [3.8, 4) is 5.69 Å². The smallest absolute Gasteiger partial charge is 0.280 e. The number of pyridine rings is 1. The zero-order valence-electron chi connectivity index (χ0n) is 16.1. The van der Waals surface area contributed by atoms with Crippen LogP contribution in [0.3, 0.4) is 0 Å². The second kappa shape index (κ2) is 8.12. The second-order valence-corrected chi connectivity index (χ2v) is 7.15. The number of benzene rings is 2. The topological polar surface area (TPSA) is 68.9 Å². The summed E-state index contributed by atoms with van der Waals surface area (Å²) < 4.78 is 16.3. The summed E-state index contributed by atoms with van der Waals surface area (Å²) in [6.07, 6.45) is 2.45. The minimum absolute atomic E-state index is 0.0891. The van der Waals surface area contributed by atoms with Crippen molar-refractivity contribution in [1.82, 2.24) is 14.3 Å². The summed E-state index contributed by atoms with van der Waals surface area (Å²) in [4.78, 5) is 30.0. The van der Waals surface area contributed by atoms with Gasteiger partial charge in [0.2, 0.25) is 5.91 Å². The van der Waals surface area contributed by atoms with E-state index in [1.165, 1.54) is 27.6 Å². The molecule has 0 bridgehead atoms. The minimum atomic E-state index is -0.570. The van der Waals surface area contributed by atoms with Gasteiger partial charge in [-0.05, 0) is 54.4 Å². The van der Waals surface area contributed by atoms with Crippen LogP contribution in [0.4, 0.5) is 10.1 Å². The number of carbonyl (C=O) groups excluding carboxylic acids is 1. The van der Waals surface area contributed by atoms with E-state index in [2.05, 4.69) is 10.3 Å². The lowest BCUT2D eigenvalue weighted by Crippen LogP contribution is -2.27. The van der Waals surface area contributed by atoms with E-state index < -0.39 is 11.7 Å². The van der Waals surface area contributed by atoms with Gasteiger partial charge >= 0.3 is 0 Å². The molecular formula is C22H18ClFN4O2. The average molecular weight is 425 g/mol. The standard InChI is InChI=1S/C22H18ClFN4O2/c1-2-14-5-8-16(9-6-14)28-22(30)17-4-3-11-25-21(17)27(28)13-20(29)26-15-7-10-19(24)18(23)12-15/h3-12H,2,13H2,1H3,(H,26,29). The maximum absolute atomic E-state index is 13.4. The van der Waals surface area contributed by atoms with Gasteiger partial charge in [-0.2, -0.15) is 0 Å². The number of anilines is 1. The van der Waals surface area contributed by atoms with Crippen molar-refractivity contribution in [2.24, 2.45) is 0 Å². The van der Waals surface area contributed by atoms with E-state index in [-0.39, 0.29) is 17.1 Å². The van der Waals surface area contributed by atoms with Crippen LogP contribution in [0.25, 0.3) is 16.7 Å². The third-order valence-electron chi connectivity index (χ3n) is 4.78. The van der Waals surface area contributed by atoms with Crippen LogP contribution in [-0.4, -0.2) is 20.3 Å². The predicted octanol–water partition coefficient (Wildman–Crippen LogP) is 4.18. The number of aromatic nitrogens is 3. The number of halogens is 2. The van der Waals surface area contributed by atoms with E-state index in [1.54, 1.807) is 18.3 Å². The largest absolute Gasteiger partial charge is 0.324 e. The Labute approximate surface area is 176 Å². The van der Waals surface area contributed by atoms with Crippen LogP contribution in [0.1, 0.15) is 12.5 Å². The van der Waals surface area contributed by atoms with Gasteiger partial charge in [-0.25, -0.2) is 14.1 Å². The van der Waals surface area contributed by atoms with E-state index in [0.29, 0.717) is 22.4 Å². The highest BCUT2D eigenvalue weighted by Crippen LogP contribution is 2.20. The highest BCUT2D eigenvalue weighted by atomic mass is 35.5. The van der Waals surface area contributed by atoms with E-state index in [4.69, 9.17) is 11.6 Å². The van der Waals surface area contributed by atoms with Crippen LogP contribution in [0, 0.1) is 5.82 Å². The number of rotatable bonds is 5. The average Bonchev–Trinajstić information content (AvgIpc) is 3.02. The SMILES string of the molecule is CCc1ccc(-n2c(=O)c3cccnc3n2CC(=O)Nc2ccc(F)c(Cl)c2)cc1. The molecule has 0 saturated carbocycles. The van der Waals surface area contributed by atoms with Gasteiger partial charge in [0.15, 0.2) is 5.65 Å². The molecule has 0 aliphatic carbocycles. The summed E-state index contributed by atoms with van der Waals surface area (Å²) >= 11 is 5.78. The number of fused-ring (bicyclic) bond motifs is 1. The van der Waals surface area contributed by atoms with Crippen LogP contribution >= 0.6 is 11.6 Å².